The third-order valence-electron chi connectivity index (χ3n) is 5.41. The monoisotopic (exact) mass is 255 g/mol. The van der Waals surface area contributed by atoms with Gasteiger partial charge in [-0.05, 0) is 56.3 Å². The molecule has 17 heavy (non-hydrogen) atoms. The number of rotatable bonds is 4. The molecule has 0 aromatic heterocycles. The number of fused-ring (bicyclic) bond motifs is 5. The van der Waals surface area contributed by atoms with Crippen LogP contribution in [-0.2, 0) is 10.8 Å². The van der Waals surface area contributed by atoms with Crippen molar-refractivity contribution < 1.29 is 4.21 Å². The molecule has 7 unspecified atom stereocenters. The summed E-state index contributed by atoms with van der Waals surface area (Å²) in [5.74, 6) is 4.88. The van der Waals surface area contributed by atoms with Gasteiger partial charge in [-0.1, -0.05) is 6.42 Å². The van der Waals surface area contributed by atoms with E-state index in [1.165, 1.54) is 32.1 Å². The van der Waals surface area contributed by atoms with Crippen molar-refractivity contribution in [3.8, 4) is 0 Å². The van der Waals surface area contributed by atoms with E-state index in [9.17, 15) is 4.21 Å². The van der Waals surface area contributed by atoms with Gasteiger partial charge in [0.05, 0.1) is 0 Å². The Morgan fingerprint density at radius 3 is 2.76 bits per heavy atom. The first-order valence-electron chi connectivity index (χ1n) is 7.21. The Labute approximate surface area is 107 Å². The minimum Gasteiger partial charge on any atom is -0.310 e. The lowest BCUT2D eigenvalue weighted by Gasteiger charge is -2.33. The average molecular weight is 255 g/mol. The molecule has 0 radical (unpaired) electrons. The highest BCUT2D eigenvalue weighted by Gasteiger charge is 2.53. The zero-order valence-electron chi connectivity index (χ0n) is 11.0. The van der Waals surface area contributed by atoms with Crippen molar-refractivity contribution in [3.63, 3.8) is 0 Å². The Kier molecular flexibility index (Phi) is 3.33. The van der Waals surface area contributed by atoms with Crippen molar-refractivity contribution >= 4 is 10.8 Å². The molecule has 2 bridgehead atoms. The molecule has 0 heterocycles. The highest BCUT2D eigenvalue weighted by Crippen LogP contribution is 2.58. The molecular formula is C14H25NOS. The van der Waals surface area contributed by atoms with Crippen molar-refractivity contribution in [1.82, 2.24) is 5.32 Å². The van der Waals surface area contributed by atoms with Crippen LogP contribution in [0.25, 0.3) is 0 Å². The fourth-order valence-corrected chi connectivity index (χ4v) is 5.83. The van der Waals surface area contributed by atoms with Gasteiger partial charge in [-0.15, -0.1) is 0 Å². The number of hydrogen-bond donors (Lipinski definition) is 1. The van der Waals surface area contributed by atoms with E-state index in [0.717, 1.165) is 35.5 Å². The molecule has 0 aromatic rings. The molecule has 7 atom stereocenters. The molecule has 3 fully saturated rings. The van der Waals surface area contributed by atoms with Crippen molar-refractivity contribution in [2.45, 2.75) is 51.1 Å². The maximum absolute atomic E-state index is 11.2. The topological polar surface area (TPSA) is 29.1 Å². The van der Waals surface area contributed by atoms with Crippen LogP contribution < -0.4 is 5.32 Å². The van der Waals surface area contributed by atoms with E-state index < -0.39 is 10.8 Å². The highest BCUT2D eigenvalue weighted by molar-refractivity contribution is 7.84. The summed E-state index contributed by atoms with van der Waals surface area (Å²) in [6, 6.07) is 1.16. The molecule has 0 aliphatic heterocycles. The van der Waals surface area contributed by atoms with E-state index in [1.54, 1.807) is 0 Å². The molecule has 3 saturated carbocycles. The van der Waals surface area contributed by atoms with E-state index in [-0.39, 0.29) is 0 Å². The summed E-state index contributed by atoms with van der Waals surface area (Å²) in [5, 5.41) is 3.76. The minimum atomic E-state index is -0.665. The Morgan fingerprint density at radius 1 is 1.24 bits per heavy atom. The van der Waals surface area contributed by atoms with E-state index in [1.807, 2.05) is 6.26 Å². The van der Waals surface area contributed by atoms with Gasteiger partial charge in [-0.25, -0.2) is 0 Å². The summed E-state index contributed by atoms with van der Waals surface area (Å²) in [5.41, 5.74) is 0. The van der Waals surface area contributed by atoms with Gasteiger partial charge in [0.15, 0.2) is 0 Å². The van der Waals surface area contributed by atoms with Crippen molar-refractivity contribution in [3.05, 3.63) is 0 Å². The standard InChI is InChI=1S/C14H25NOS/c1-9(8-17(2)16)15-14-7-10-6-13(14)12-5-3-4-11(10)12/h9-15H,3-8H2,1-2H3. The van der Waals surface area contributed by atoms with Gasteiger partial charge in [0.1, 0.15) is 0 Å². The molecule has 3 heteroatoms. The normalized spacial score (nSPS) is 47.1. The van der Waals surface area contributed by atoms with Crippen LogP contribution in [0.5, 0.6) is 0 Å². The fraction of sp³-hybridized carbons (Fsp3) is 1.00. The maximum atomic E-state index is 11.2. The molecule has 2 nitrogen and oxygen atoms in total. The van der Waals surface area contributed by atoms with E-state index in [4.69, 9.17) is 0 Å². The summed E-state index contributed by atoms with van der Waals surface area (Å²) >= 11 is 0. The van der Waals surface area contributed by atoms with Crippen LogP contribution in [0, 0.1) is 23.7 Å². The summed E-state index contributed by atoms with van der Waals surface area (Å²) in [6.45, 7) is 2.19. The summed E-state index contributed by atoms with van der Waals surface area (Å²) in [4.78, 5) is 0. The summed E-state index contributed by atoms with van der Waals surface area (Å²) in [7, 11) is -0.665. The zero-order valence-corrected chi connectivity index (χ0v) is 11.8. The molecule has 3 aliphatic carbocycles. The predicted molar refractivity (Wildman–Crippen MR) is 72.4 cm³/mol. The molecule has 0 amide bonds. The molecule has 1 N–H and O–H groups in total. The van der Waals surface area contributed by atoms with Gasteiger partial charge < -0.3 is 5.32 Å². The SMILES string of the molecule is CC(CS(C)=O)NC1CC2CC1C1CCCC21. The van der Waals surface area contributed by atoms with Crippen molar-refractivity contribution in [2.24, 2.45) is 23.7 Å². The van der Waals surface area contributed by atoms with Gasteiger partial charge >= 0.3 is 0 Å². The average Bonchev–Trinajstić information content (AvgIpc) is 2.83. The Bertz CT molecular complexity index is 319. The lowest BCUT2D eigenvalue weighted by molar-refractivity contribution is 0.202. The summed E-state index contributed by atoms with van der Waals surface area (Å²) in [6.07, 6.45) is 9.15. The van der Waals surface area contributed by atoms with Crippen LogP contribution in [0.4, 0.5) is 0 Å². The molecular weight excluding hydrogens is 230 g/mol. The van der Waals surface area contributed by atoms with E-state index in [2.05, 4.69) is 12.2 Å². The molecule has 0 spiro atoms. The first kappa shape index (κ1) is 12.2. The molecule has 0 saturated heterocycles. The second-order valence-electron chi connectivity index (χ2n) is 6.57. The smallest absolute Gasteiger partial charge is 0.0383 e. The van der Waals surface area contributed by atoms with Crippen molar-refractivity contribution in [1.29, 1.82) is 0 Å². The Morgan fingerprint density at radius 2 is 2.00 bits per heavy atom. The van der Waals surface area contributed by atoms with Crippen LogP contribution in [0.3, 0.4) is 0 Å². The van der Waals surface area contributed by atoms with Gasteiger partial charge in [0.25, 0.3) is 0 Å². The van der Waals surface area contributed by atoms with Gasteiger partial charge in [0, 0.05) is 34.9 Å². The second-order valence-corrected chi connectivity index (χ2v) is 8.05. The van der Waals surface area contributed by atoms with Crippen LogP contribution >= 0.6 is 0 Å². The maximum Gasteiger partial charge on any atom is 0.0383 e. The largest absolute Gasteiger partial charge is 0.310 e. The van der Waals surface area contributed by atoms with Crippen LogP contribution in [0.2, 0.25) is 0 Å². The highest BCUT2D eigenvalue weighted by atomic mass is 32.2. The lowest BCUT2D eigenvalue weighted by atomic mass is 9.79. The van der Waals surface area contributed by atoms with Crippen molar-refractivity contribution in [2.75, 3.05) is 12.0 Å². The first-order valence-corrected chi connectivity index (χ1v) is 8.94. The van der Waals surface area contributed by atoms with Gasteiger partial charge in [-0.3, -0.25) is 4.21 Å². The zero-order chi connectivity index (χ0) is 12.0. The molecule has 0 aromatic carbocycles. The fourth-order valence-electron chi connectivity index (χ4n) is 5.03. The van der Waals surface area contributed by atoms with Crippen LogP contribution in [-0.4, -0.2) is 28.3 Å². The van der Waals surface area contributed by atoms with Gasteiger partial charge in [0.2, 0.25) is 0 Å². The van der Waals surface area contributed by atoms with Crippen LogP contribution in [0.15, 0.2) is 0 Å². The second kappa shape index (κ2) is 4.65. The molecule has 3 aliphatic rings. The van der Waals surface area contributed by atoms with Gasteiger partial charge in [-0.2, -0.15) is 0 Å². The van der Waals surface area contributed by atoms with Crippen LogP contribution in [0.1, 0.15) is 39.0 Å². The van der Waals surface area contributed by atoms with E-state index in [0.29, 0.717) is 6.04 Å². The third-order valence-corrected chi connectivity index (χ3v) is 6.38. The lowest BCUT2D eigenvalue weighted by Crippen LogP contribution is -2.45. The Balaban J connectivity index is 1.58. The number of nitrogens with one attached hydrogen (secondary N) is 1. The molecule has 98 valence electrons. The Hall–Kier alpha value is 0.110. The predicted octanol–water partition coefficient (Wildman–Crippen LogP) is 2.17. The molecule has 3 rings (SSSR count). The quantitative estimate of drug-likeness (QED) is 0.834. The first-order chi connectivity index (χ1) is 8.15. The van der Waals surface area contributed by atoms with E-state index >= 15 is 0 Å². The summed E-state index contributed by atoms with van der Waals surface area (Å²) < 4.78 is 11.2. The number of hydrogen-bond acceptors (Lipinski definition) is 2. The minimum absolute atomic E-state index is 0.421. The third kappa shape index (κ3) is 2.21.